The molecule has 0 spiro atoms. The minimum absolute atomic E-state index is 0.0616. The van der Waals surface area contributed by atoms with Crippen molar-refractivity contribution in [2.75, 3.05) is 48.9 Å². The van der Waals surface area contributed by atoms with Crippen molar-refractivity contribution < 1.29 is 47.5 Å². The van der Waals surface area contributed by atoms with Gasteiger partial charge in [0.2, 0.25) is 12.5 Å². The van der Waals surface area contributed by atoms with Gasteiger partial charge in [0.25, 0.3) is 5.91 Å². The number of esters is 1. The van der Waals surface area contributed by atoms with Gasteiger partial charge in [0.05, 0.1) is 59.8 Å². The number of methoxy groups -OCH3 is 5. The number of cyclic esters (lactones) is 1. The monoisotopic (exact) mass is 643 g/mol. The van der Waals surface area contributed by atoms with E-state index in [0.29, 0.717) is 45.9 Å². The van der Waals surface area contributed by atoms with Crippen LogP contribution in [-0.2, 0) is 9.53 Å². The predicted octanol–water partition coefficient (Wildman–Crippen LogP) is 4.25. The van der Waals surface area contributed by atoms with Crippen LogP contribution in [0.5, 0.6) is 40.2 Å². The van der Waals surface area contributed by atoms with Crippen LogP contribution in [0.25, 0.3) is 11.3 Å². The van der Waals surface area contributed by atoms with Gasteiger partial charge in [0.15, 0.2) is 34.5 Å². The maximum absolute atomic E-state index is 13.8. The molecule has 1 fully saturated rings. The van der Waals surface area contributed by atoms with Crippen LogP contribution in [0.4, 0.5) is 0 Å². The largest absolute Gasteiger partial charge is 0.493 e. The van der Waals surface area contributed by atoms with E-state index in [1.54, 1.807) is 32.4 Å². The first kappa shape index (κ1) is 30.1. The third kappa shape index (κ3) is 4.98. The molecular formula is C34H33N3O10. The van der Waals surface area contributed by atoms with E-state index in [9.17, 15) is 9.59 Å². The quantitative estimate of drug-likeness (QED) is 0.252. The number of hydrogen-bond donors (Lipinski definition) is 2. The van der Waals surface area contributed by atoms with Crippen molar-refractivity contribution in [2.45, 2.75) is 12.0 Å². The molecule has 1 amide bonds. The summed E-state index contributed by atoms with van der Waals surface area (Å²) in [5, 5.41) is 10.4. The van der Waals surface area contributed by atoms with Gasteiger partial charge in [0, 0.05) is 17.4 Å². The molecule has 4 aromatic rings. The Bertz CT molecular complexity index is 1850. The van der Waals surface area contributed by atoms with Crippen LogP contribution >= 0.6 is 0 Å². The molecule has 244 valence electrons. The average molecular weight is 644 g/mol. The molecule has 2 N–H and O–H groups in total. The van der Waals surface area contributed by atoms with E-state index in [1.165, 1.54) is 21.3 Å². The Kier molecular flexibility index (Phi) is 7.66. The van der Waals surface area contributed by atoms with Gasteiger partial charge in [-0.15, -0.1) is 0 Å². The minimum atomic E-state index is -0.639. The Balaban J connectivity index is 1.28. The molecule has 0 bridgehead atoms. The molecule has 4 atom stereocenters. The average Bonchev–Trinajstić information content (AvgIpc) is 3.87. The molecular weight excluding hydrogens is 610 g/mol. The molecule has 7 rings (SSSR count). The first-order valence-electron chi connectivity index (χ1n) is 14.9. The highest BCUT2D eigenvalue weighted by Gasteiger charge is 2.53. The summed E-state index contributed by atoms with van der Waals surface area (Å²) in [7, 11) is 7.73. The zero-order valence-corrected chi connectivity index (χ0v) is 26.4. The van der Waals surface area contributed by atoms with Crippen LogP contribution in [0.1, 0.15) is 39.1 Å². The molecule has 0 saturated carbocycles. The van der Waals surface area contributed by atoms with Crippen LogP contribution in [0.3, 0.4) is 0 Å². The van der Waals surface area contributed by atoms with Crippen LogP contribution < -0.4 is 38.5 Å². The molecule has 47 heavy (non-hydrogen) atoms. The van der Waals surface area contributed by atoms with Crippen LogP contribution in [0, 0.1) is 11.8 Å². The lowest BCUT2D eigenvalue weighted by Crippen LogP contribution is -2.43. The number of carbonyl (C=O) groups is 2. The minimum Gasteiger partial charge on any atom is -0.493 e. The number of carbonyl (C=O) groups excluding carboxylic acids is 2. The normalized spacial score (nSPS) is 20.5. The number of amides is 1. The van der Waals surface area contributed by atoms with E-state index in [0.717, 1.165) is 22.3 Å². The molecule has 13 nitrogen and oxygen atoms in total. The summed E-state index contributed by atoms with van der Waals surface area (Å²) < 4.78 is 44.8. The molecule has 1 aliphatic carbocycles. The first-order valence-corrected chi connectivity index (χ1v) is 14.9. The highest BCUT2D eigenvalue weighted by Crippen LogP contribution is 2.55. The van der Waals surface area contributed by atoms with E-state index in [2.05, 4.69) is 15.5 Å². The summed E-state index contributed by atoms with van der Waals surface area (Å²) in [6.45, 7) is 0.176. The van der Waals surface area contributed by atoms with Gasteiger partial charge in [-0.25, -0.2) is 0 Å². The molecule has 1 saturated heterocycles. The van der Waals surface area contributed by atoms with E-state index in [-0.39, 0.29) is 25.1 Å². The third-order valence-electron chi connectivity index (χ3n) is 9.02. The number of aromatic amines is 1. The van der Waals surface area contributed by atoms with E-state index in [4.69, 9.17) is 37.9 Å². The highest BCUT2D eigenvalue weighted by atomic mass is 16.7. The van der Waals surface area contributed by atoms with Crippen molar-refractivity contribution in [1.29, 1.82) is 0 Å². The molecule has 13 heteroatoms. The Hall–Kier alpha value is -5.59. The fraction of sp³-hybridized carbons (Fsp3) is 0.324. The number of fused-ring (bicyclic) bond motifs is 3. The summed E-state index contributed by atoms with van der Waals surface area (Å²) in [5.41, 5.74) is 3.84. The molecule has 0 radical (unpaired) electrons. The van der Waals surface area contributed by atoms with Crippen molar-refractivity contribution in [3.8, 4) is 51.5 Å². The number of hydrogen-bond acceptors (Lipinski definition) is 11. The van der Waals surface area contributed by atoms with Crippen LogP contribution in [0.15, 0.2) is 48.5 Å². The Labute approximate surface area is 270 Å². The number of H-pyrrole nitrogens is 1. The molecule has 3 aromatic carbocycles. The van der Waals surface area contributed by atoms with Gasteiger partial charge < -0.3 is 43.2 Å². The zero-order chi connectivity index (χ0) is 32.8. The lowest BCUT2D eigenvalue weighted by molar-refractivity contribution is -0.141. The van der Waals surface area contributed by atoms with E-state index < -0.39 is 29.7 Å². The Morgan fingerprint density at radius 1 is 0.809 bits per heavy atom. The summed E-state index contributed by atoms with van der Waals surface area (Å²) in [6, 6.07) is 13.9. The number of benzene rings is 3. The second-order valence-electron chi connectivity index (χ2n) is 11.3. The fourth-order valence-electron chi connectivity index (χ4n) is 6.83. The summed E-state index contributed by atoms with van der Waals surface area (Å²) in [5.74, 6) is 1.25. The van der Waals surface area contributed by atoms with Crippen LogP contribution in [-0.4, -0.2) is 71.0 Å². The van der Waals surface area contributed by atoms with Crippen molar-refractivity contribution in [2.24, 2.45) is 11.8 Å². The second kappa shape index (κ2) is 12.0. The van der Waals surface area contributed by atoms with Gasteiger partial charge in [-0.3, -0.25) is 14.7 Å². The van der Waals surface area contributed by atoms with E-state index >= 15 is 0 Å². The topological polar surface area (TPSA) is 149 Å². The number of nitrogens with zero attached hydrogens (tertiary/aromatic N) is 1. The molecule has 2 aliphatic heterocycles. The number of rotatable bonds is 9. The molecule has 3 aliphatic rings. The third-order valence-corrected chi connectivity index (χ3v) is 9.02. The SMILES string of the molecule is COc1ccc(-c2cc(C(=O)N[C@@H]3c4cc5c(cc4[C@@H](c4cc(OC)c(OC)c(OC)c4)[C@H]4C(=O)OC[C@@H]43)OCO5)[nH]n2)cc1OC. The molecule has 3 heterocycles. The fourth-order valence-corrected chi connectivity index (χ4v) is 6.83. The second-order valence-corrected chi connectivity index (χ2v) is 11.3. The van der Waals surface area contributed by atoms with Crippen molar-refractivity contribution in [3.05, 3.63) is 70.9 Å². The summed E-state index contributed by atoms with van der Waals surface area (Å²) in [6.07, 6.45) is 0. The standard InChI is InChI=1S/C34H33N3O10/c1-40-23-7-6-16(8-24(23)41-2)21-13-22(37-36-21)33(38)35-31-19-12-26-25(46-15-47-26)11-18(19)29(30-20(31)14-45-34(30)39)17-9-27(42-3)32(44-5)28(10-17)43-4/h6-13,20,29-31H,14-15H2,1-5H3,(H,35,38)(H,36,37)/t20-,29+,30-,31+/m0/s1. The Morgan fingerprint density at radius 2 is 1.49 bits per heavy atom. The maximum Gasteiger partial charge on any atom is 0.310 e. The highest BCUT2D eigenvalue weighted by molar-refractivity contribution is 5.94. The number of aromatic nitrogens is 2. The van der Waals surface area contributed by atoms with E-state index in [1.807, 2.05) is 30.3 Å². The lowest BCUT2D eigenvalue weighted by atomic mass is 9.65. The smallest absolute Gasteiger partial charge is 0.310 e. The molecule has 0 unspecified atom stereocenters. The van der Waals surface area contributed by atoms with Gasteiger partial charge in [-0.2, -0.15) is 5.10 Å². The first-order chi connectivity index (χ1) is 22.9. The van der Waals surface area contributed by atoms with Crippen molar-refractivity contribution in [1.82, 2.24) is 15.5 Å². The van der Waals surface area contributed by atoms with Crippen LogP contribution in [0.2, 0.25) is 0 Å². The van der Waals surface area contributed by atoms with Crippen molar-refractivity contribution >= 4 is 11.9 Å². The summed E-state index contributed by atoms with van der Waals surface area (Å²) in [4.78, 5) is 27.3. The van der Waals surface area contributed by atoms with Gasteiger partial charge >= 0.3 is 5.97 Å². The zero-order valence-electron chi connectivity index (χ0n) is 26.4. The maximum atomic E-state index is 13.8. The van der Waals surface area contributed by atoms with Gasteiger partial charge in [0.1, 0.15) is 5.69 Å². The lowest BCUT2D eigenvalue weighted by Gasteiger charge is -2.39. The van der Waals surface area contributed by atoms with Gasteiger partial charge in [-0.05, 0) is 65.2 Å². The predicted molar refractivity (Wildman–Crippen MR) is 166 cm³/mol. The number of nitrogens with one attached hydrogen (secondary N) is 2. The van der Waals surface area contributed by atoms with Gasteiger partial charge in [-0.1, -0.05) is 0 Å². The molecule has 1 aromatic heterocycles. The number of ether oxygens (including phenoxy) is 8. The van der Waals surface area contributed by atoms with Crippen molar-refractivity contribution in [3.63, 3.8) is 0 Å². The Morgan fingerprint density at radius 3 is 2.15 bits per heavy atom. The summed E-state index contributed by atoms with van der Waals surface area (Å²) >= 11 is 0.